The highest BCUT2D eigenvalue weighted by molar-refractivity contribution is 7.89. The molecule has 7 nitrogen and oxygen atoms in total. The summed E-state index contributed by atoms with van der Waals surface area (Å²) in [4.78, 5) is 24.1. The Labute approximate surface area is 177 Å². The smallest absolute Gasteiger partial charge is 0.338 e. The maximum absolute atomic E-state index is 13.0. The van der Waals surface area contributed by atoms with Gasteiger partial charge in [-0.2, -0.15) is 4.31 Å². The van der Waals surface area contributed by atoms with Crippen LogP contribution in [0.4, 0.5) is 0 Å². The van der Waals surface area contributed by atoms with Crippen LogP contribution < -0.4 is 5.32 Å². The molecule has 0 aromatic heterocycles. The van der Waals surface area contributed by atoms with Gasteiger partial charge in [0.1, 0.15) is 4.90 Å². The number of esters is 1. The van der Waals surface area contributed by atoms with Crippen molar-refractivity contribution in [2.24, 2.45) is 0 Å². The van der Waals surface area contributed by atoms with E-state index in [4.69, 9.17) is 16.3 Å². The van der Waals surface area contributed by atoms with Crippen molar-refractivity contribution in [1.82, 2.24) is 9.62 Å². The van der Waals surface area contributed by atoms with Gasteiger partial charge in [-0.15, -0.1) is 0 Å². The van der Waals surface area contributed by atoms with Crippen LogP contribution in [-0.2, 0) is 19.6 Å². The molecule has 1 aliphatic heterocycles. The predicted octanol–water partition coefficient (Wildman–Crippen LogP) is 3.37. The fourth-order valence-corrected chi connectivity index (χ4v) is 5.24. The molecule has 0 unspecified atom stereocenters. The molecule has 0 saturated carbocycles. The van der Waals surface area contributed by atoms with Gasteiger partial charge in [-0.25, -0.2) is 13.2 Å². The second-order valence-electron chi connectivity index (χ2n) is 7.12. The number of rotatable bonds is 8. The van der Waals surface area contributed by atoms with Crippen molar-refractivity contribution < 1.29 is 22.7 Å². The number of amides is 1. The molecule has 1 heterocycles. The van der Waals surface area contributed by atoms with Gasteiger partial charge in [0.2, 0.25) is 10.0 Å². The molecule has 1 amide bonds. The van der Waals surface area contributed by atoms with Gasteiger partial charge in [-0.3, -0.25) is 4.79 Å². The summed E-state index contributed by atoms with van der Waals surface area (Å²) in [5, 5.41) is 2.83. The lowest BCUT2D eigenvalue weighted by Gasteiger charge is -2.21. The third kappa shape index (κ3) is 6.42. The van der Waals surface area contributed by atoms with Crippen LogP contribution in [0.1, 0.15) is 62.7 Å². The van der Waals surface area contributed by atoms with Gasteiger partial charge in [0.25, 0.3) is 5.91 Å². The second-order valence-corrected chi connectivity index (χ2v) is 9.43. The van der Waals surface area contributed by atoms with E-state index in [1.165, 1.54) is 22.5 Å². The van der Waals surface area contributed by atoms with Crippen LogP contribution in [0.5, 0.6) is 0 Å². The summed E-state index contributed by atoms with van der Waals surface area (Å²) >= 11 is 6.14. The predicted molar refractivity (Wildman–Crippen MR) is 111 cm³/mol. The lowest BCUT2D eigenvalue weighted by Crippen LogP contribution is -2.36. The topological polar surface area (TPSA) is 92.8 Å². The molecule has 29 heavy (non-hydrogen) atoms. The number of ether oxygens (including phenoxy) is 1. The molecule has 0 radical (unpaired) electrons. The van der Waals surface area contributed by atoms with Crippen molar-refractivity contribution in [1.29, 1.82) is 0 Å². The molecule has 0 spiro atoms. The van der Waals surface area contributed by atoms with Crippen molar-refractivity contribution in [3.05, 3.63) is 28.8 Å². The van der Waals surface area contributed by atoms with Crippen molar-refractivity contribution in [2.45, 2.75) is 63.3 Å². The summed E-state index contributed by atoms with van der Waals surface area (Å²) in [6, 6.07) is 4.02. The van der Waals surface area contributed by atoms with Gasteiger partial charge in [-0.1, -0.05) is 38.3 Å². The molecule has 1 N–H and O–H groups in total. The Kier molecular flexibility index (Phi) is 8.92. The van der Waals surface area contributed by atoms with Gasteiger partial charge >= 0.3 is 5.97 Å². The van der Waals surface area contributed by atoms with E-state index in [0.717, 1.165) is 38.5 Å². The molecule has 1 aromatic carbocycles. The average Bonchev–Trinajstić information content (AvgIpc) is 3.00. The Morgan fingerprint density at radius 3 is 2.34 bits per heavy atom. The summed E-state index contributed by atoms with van der Waals surface area (Å²) < 4.78 is 32.5. The summed E-state index contributed by atoms with van der Waals surface area (Å²) in [6.45, 7) is 4.36. The molecule has 2 rings (SSSR count). The van der Waals surface area contributed by atoms with E-state index < -0.39 is 28.5 Å². The number of carbonyl (C=O) groups excluding carboxylic acids is 2. The van der Waals surface area contributed by atoms with Crippen LogP contribution in [0.2, 0.25) is 5.02 Å². The van der Waals surface area contributed by atoms with Gasteiger partial charge in [0, 0.05) is 19.1 Å². The number of hydrogen-bond donors (Lipinski definition) is 1. The first-order valence-electron chi connectivity index (χ1n) is 10.1. The van der Waals surface area contributed by atoms with Gasteiger partial charge < -0.3 is 10.1 Å². The highest BCUT2D eigenvalue weighted by Crippen LogP contribution is 2.28. The summed E-state index contributed by atoms with van der Waals surface area (Å²) in [5.74, 6) is -1.16. The molecule has 0 atom stereocenters. The molecule has 0 bridgehead atoms. The van der Waals surface area contributed by atoms with Crippen LogP contribution >= 0.6 is 11.6 Å². The zero-order valence-electron chi connectivity index (χ0n) is 16.9. The van der Waals surface area contributed by atoms with Crippen LogP contribution in [0.25, 0.3) is 0 Å². The minimum atomic E-state index is -3.81. The lowest BCUT2D eigenvalue weighted by molar-refractivity contribution is -0.125. The first kappa shape index (κ1) is 23.6. The number of hydrogen-bond acceptors (Lipinski definition) is 5. The number of nitrogens with one attached hydrogen (secondary N) is 1. The largest absolute Gasteiger partial charge is 0.452 e. The summed E-state index contributed by atoms with van der Waals surface area (Å²) in [5.41, 5.74) is 0.0399. The van der Waals surface area contributed by atoms with E-state index >= 15 is 0 Å². The van der Waals surface area contributed by atoms with Crippen molar-refractivity contribution in [2.75, 3.05) is 19.7 Å². The molecular formula is C20H29ClN2O5S. The van der Waals surface area contributed by atoms with E-state index in [1.54, 1.807) is 0 Å². The van der Waals surface area contributed by atoms with Gasteiger partial charge in [0.05, 0.1) is 10.6 Å². The zero-order chi connectivity index (χ0) is 21.4. The van der Waals surface area contributed by atoms with E-state index in [9.17, 15) is 18.0 Å². The van der Waals surface area contributed by atoms with Crippen molar-refractivity contribution in [3.8, 4) is 0 Å². The number of benzene rings is 1. The van der Waals surface area contributed by atoms with Crippen LogP contribution in [0.3, 0.4) is 0 Å². The molecule has 162 valence electrons. The Balaban J connectivity index is 2.11. The molecule has 9 heteroatoms. The normalized spacial score (nSPS) is 15.7. The van der Waals surface area contributed by atoms with Crippen LogP contribution in [0.15, 0.2) is 23.1 Å². The van der Waals surface area contributed by atoms with Crippen LogP contribution in [-0.4, -0.2) is 50.3 Å². The summed E-state index contributed by atoms with van der Waals surface area (Å²) in [7, 11) is -3.81. The lowest BCUT2D eigenvalue weighted by atomic mass is 10.2. The standard InChI is InChI=1S/C20H29ClN2O5S/c1-3-16(4-2)22-19(24)14-28-20(25)15-9-10-17(21)18(13-15)29(26,27)23-11-7-5-6-8-12-23/h9-10,13,16H,3-8,11-12,14H2,1-2H3,(H,22,24). The van der Waals surface area contributed by atoms with E-state index in [0.29, 0.717) is 13.1 Å². The third-order valence-corrected chi connectivity index (χ3v) is 7.42. The molecule has 0 aliphatic carbocycles. The Morgan fingerprint density at radius 2 is 1.76 bits per heavy atom. The Hall–Kier alpha value is -1.64. The monoisotopic (exact) mass is 444 g/mol. The molecule has 1 saturated heterocycles. The second kappa shape index (κ2) is 10.9. The Bertz CT molecular complexity index is 816. The minimum absolute atomic E-state index is 0.0297. The number of carbonyl (C=O) groups is 2. The first-order valence-corrected chi connectivity index (χ1v) is 11.9. The fourth-order valence-electron chi connectivity index (χ4n) is 3.23. The highest BCUT2D eigenvalue weighted by Gasteiger charge is 2.28. The van der Waals surface area contributed by atoms with Crippen molar-refractivity contribution in [3.63, 3.8) is 0 Å². The Morgan fingerprint density at radius 1 is 1.14 bits per heavy atom. The van der Waals surface area contributed by atoms with E-state index in [-0.39, 0.29) is 21.5 Å². The quantitative estimate of drug-likeness (QED) is 0.620. The third-order valence-electron chi connectivity index (χ3n) is 5.03. The fraction of sp³-hybridized carbons (Fsp3) is 0.600. The maximum Gasteiger partial charge on any atom is 0.338 e. The van der Waals surface area contributed by atoms with Crippen LogP contribution in [0, 0.1) is 0 Å². The molecular weight excluding hydrogens is 416 g/mol. The molecule has 1 aliphatic rings. The highest BCUT2D eigenvalue weighted by atomic mass is 35.5. The number of nitrogens with zero attached hydrogens (tertiary/aromatic N) is 1. The van der Waals surface area contributed by atoms with Gasteiger partial charge in [-0.05, 0) is 43.9 Å². The van der Waals surface area contributed by atoms with E-state index in [2.05, 4.69) is 5.32 Å². The van der Waals surface area contributed by atoms with Gasteiger partial charge in [0.15, 0.2) is 6.61 Å². The maximum atomic E-state index is 13.0. The summed E-state index contributed by atoms with van der Waals surface area (Å²) in [6.07, 6.45) is 5.14. The first-order chi connectivity index (χ1) is 13.8. The van der Waals surface area contributed by atoms with E-state index in [1.807, 2.05) is 13.8 Å². The SMILES string of the molecule is CCC(CC)NC(=O)COC(=O)c1ccc(Cl)c(S(=O)(=O)N2CCCCCC2)c1. The average molecular weight is 445 g/mol. The molecule has 1 fully saturated rings. The minimum Gasteiger partial charge on any atom is -0.452 e. The zero-order valence-corrected chi connectivity index (χ0v) is 18.5. The number of sulfonamides is 1. The van der Waals surface area contributed by atoms with Crippen molar-refractivity contribution >= 4 is 33.5 Å². The molecule has 1 aromatic rings. The number of halogens is 1.